The van der Waals surface area contributed by atoms with E-state index >= 15 is 0 Å². The summed E-state index contributed by atoms with van der Waals surface area (Å²) < 4.78 is 0. The molecule has 1 heterocycles. The van der Waals surface area contributed by atoms with E-state index in [1.165, 1.54) is 12.1 Å². The Labute approximate surface area is 84.7 Å². The third-order valence-electron chi connectivity index (χ3n) is 0.978. The minimum Gasteiger partial charge on any atom is -0.477 e. The maximum atomic E-state index is 10.3. The van der Waals surface area contributed by atoms with Crippen molar-refractivity contribution in [3.05, 3.63) is 28.0 Å². The second-order valence-electron chi connectivity index (χ2n) is 1.80. The molecule has 1 aromatic heterocycles. The zero-order valence-corrected chi connectivity index (χ0v) is 7.95. The fourth-order valence-electron chi connectivity index (χ4n) is 0.575. The van der Waals surface area contributed by atoms with Crippen molar-refractivity contribution in [2.24, 2.45) is 0 Å². The first-order valence-corrected chi connectivity index (χ1v) is 3.41. The molecule has 6 heteroatoms. The molecule has 0 aliphatic carbocycles. The Hall–Kier alpha value is -0.510. The highest BCUT2D eigenvalue weighted by Crippen LogP contribution is 2.14. The summed E-state index contributed by atoms with van der Waals surface area (Å²) in [5.41, 5.74) is -0.150. The van der Waals surface area contributed by atoms with Crippen LogP contribution in [-0.4, -0.2) is 16.1 Å². The van der Waals surface area contributed by atoms with Crippen LogP contribution >= 0.6 is 35.6 Å². The van der Waals surface area contributed by atoms with Gasteiger partial charge in [-0.15, -0.1) is 12.4 Å². The van der Waals surface area contributed by atoms with Gasteiger partial charge in [-0.2, -0.15) is 0 Å². The smallest absolute Gasteiger partial charge is 0.354 e. The van der Waals surface area contributed by atoms with Crippen molar-refractivity contribution in [3.8, 4) is 0 Å². The van der Waals surface area contributed by atoms with Gasteiger partial charge in [-0.3, -0.25) is 0 Å². The van der Waals surface area contributed by atoms with Gasteiger partial charge in [0, 0.05) is 5.02 Å². The Kier molecular flexibility index (Phi) is 4.31. The number of aromatic nitrogens is 1. The lowest BCUT2D eigenvalue weighted by Crippen LogP contribution is -1.99. The van der Waals surface area contributed by atoms with Crippen molar-refractivity contribution >= 4 is 41.6 Å². The minimum atomic E-state index is -1.14. The molecular formula is C6H4Cl3NO2. The predicted octanol–water partition coefficient (Wildman–Crippen LogP) is 2.51. The summed E-state index contributed by atoms with van der Waals surface area (Å²) in [6.45, 7) is 0. The van der Waals surface area contributed by atoms with Crippen LogP contribution in [0, 0.1) is 0 Å². The average Bonchev–Trinajstić information content (AvgIpc) is 1.85. The van der Waals surface area contributed by atoms with Crippen molar-refractivity contribution in [2.75, 3.05) is 0 Å². The average molecular weight is 228 g/mol. The van der Waals surface area contributed by atoms with E-state index in [1.807, 2.05) is 0 Å². The number of carboxylic acid groups (broad SMARTS) is 1. The number of hydrogen-bond donors (Lipinski definition) is 1. The van der Waals surface area contributed by atoms with E-state index < -0.39 is 5.97 Å². The molecule has 0 aliphatic heterocycles. The van der Waals surface area contributed by atoms with E-state index in [0.717, 1.165) is 0 Å². The van der Waals surface area contributed by atoms with Crippen LogP contribution in [0.4, 0.5) is 0 Å². The van der Waals surface area contributed by atoms with Crippen LogP contribution in [-0.2, 0) is 0 Å². The summed E-state index contributed by atoms with van der Waals surface area (Å²) in [7, 11) is 0. The topological polar surface area (TPSA) is 50.2 Å². The summed E-state index contributed by atoms with van der Waals surface area (Å²) in [5.74, 6) is -1.14. The molecule has 0 saturated carbocycles. The maximum Gasteiger partial charge on any atom is 0.354 e. The van der Waals surface area contributed by atoms with Crippen molar-refractivity contribution in [1.82, 2.24) is 4.98 Å². The van der Waals surface area contributed by atoms with Crippen LogP contribution in [0.2, 0.25) is 10.2 Å². The van der Waals surface area contributed by atoms with Crippen LogP contribution in [0.3, 0.4) is 0 Å². The summed E-state index contributed by atoms with van der Waals surface area (Å²) in [6.07, 6.45) is 0. The summed E-state index contributed by atoms with van der Waals surface area (Å²) in [5, 5.41) is 8.80. The molecule has 0 aliphatic rings. The first kappa shape index (κ1) is 11.5. The predicted molar refractivity (Wildman–Crippen MR) is 48.5 cm³/mol. The first-order chi connectivity index (χ1) is 5.09. The third kappa shape index (κ3) is 2.85. The molecular weight excluding hydrogens is 224 g/mol. The summed E-state index contributed by atoms with van der Waals surface area (Å²) in [4.78, 5) is 13.8. The van der Waals surface area contributed by atoms with Gasteiger partial charge in [0.15, 0.2) is 5.69 Å². The third-order valence-corrected chi connectivity index (χ3v) is 1.39. The highest BCUT2D eigenvalue weighted by atomic mass is 35.5. The van der Waals surface area contributed by atoms with Gasteiger partial charge in [0.25, 0.3) is 0 Å². The second kappa shape index (κ2) is 4.50. The zero-order valence-electron chi connectivity index (χ0n) is 5.62. The van der Waals surface area contributed by atoms with Crippen molar-refractivity contribution < 1.29 is 9.90 Å². The quantitative estimate of drug-likeness (QED) is 0.751. The normalized spacial score (nSPS) is 8.83. The molecule has 0 radical (unpaired) electrons. The van der Waals surface area contributed by atoms with Crippen molar-refractivity contribution in [3.63, 3.8) is 0 Å². The van der Waals surface area contributed by atoms with E-state index in [0.29, 0.717) is 0 Å². The molecule has 0 saturated heterocycles. The van der Waals surface area contributed by atoms with Gasteiger partial charge in [0.05, 0.1) is 0 Å². The Morgan fingerprint density at radius 1 is 1.42 bits per heavy atom. The Morgan fingerprint density at radius 2 is 2.00 bits per heavy atom. The first-order valence-electron chi connectivity index (χ1n) is 2.66. The molecule has 0 amide bonds. The fourth-order valence-corrected chi connectivity index (χ4v) is 1.05. The Bertz CT molecular complexity index is 283. The van der Waals surface area contributed by atoms with Crippen LogP contribution in [0.5, 0.6) is 0 Å². The molecule has 1 rings (SSSR count). The standard InChI is InChI=1S/C6H3Cl2NO2.ClH/c7-3-1-4(6(10)11)9-5(8)2-3;/h1-2H,(H,10,11);1H. The molecule has 12 heavy (non-hydrogen) atoms. The summed E-state index contributed by atoms with van der Waals surface area (Å²) in [6, 6.07) is 2.60. The van der Waals surface area contributed by atoms with Gasteiger partial charge >= 0.3 is 5.97 Å². The lowest BCUT2D eigenvalue weighted by Gasteiger charge is -1.94. The van der Waals surface area contributed by atoms with Crippen LogP contribution < -0.4 is 0 Å². The second-order valence-corrected chi connectivity index (χ2v) is 2.62. The number of hydrogen-bond acceptors (Lipinski definition) is 2. The highest BCUT2D eigenvalue weighted by Gasteiger charge is 2.06. The number of halogens is 3. The van der Waals surface area contributed by atoms with E-state index in [4.69, 9.17) is 28.3 Å². The van der Waals surface area contributed by atoms with Crippen LogP contribution in [0.1, 0.15) is 10.5 Å². The zero-order chi connectivity index (χ0) is 8.43. The monoisotopic (exact) mass is 227 g/mol. The lowest BCUT2D eigenvalue weighted by atomic mass is 10.3. The van der Waals surface area contributed by atoms with Crippen molar-refractivity contribution in [2.45, 2.75) is 0 Å². The number of aromatic carboxylic acids is 1. The van der Waals surface area contributed by atoms with Gasteiger partial charge in [0.2, 0.25) is 0 Å². The largest absolute Gasteiger partial charge is 0.477 e. The molecule has 1 aromatic rings. The number of rotatable bonds is 1. The molecule has 0 atom stereocenters. The van der Waals surface area contributed by atoms with E-state index in [1.54, 1.807) is 0 Å². The molecule has 0 bridgehead atoms. The number of nitrogens with zero attached hydrogens (tertiary/aromatic N) is 1. The fraction of sp³-hybridized carbons (Fsp3) is 0. The number of pyridine rings is 1. The molecule has 1 N–H and O–H groups in total. The Morgan fingerprint density at radius 3 is 2.42 bits per heavy atom. The van der Waals surface area contributed by atoms with E-state index in [-0.39, 0.29) is 28.3 Å². The SMILES string of the molecule is Cl.O=C(O)c1cc(Cl)cc(Cl)n1. The summed E-state index contributed by atoms with van der Waals surface area (Å²) >= 11 is 10.9. The number of carbonyl (C=O) groups is 1. The highest BCUT2D eigenvalue weighted by molar-refractivity contribution is 6.34. The van der Waals surface area contributed by atoms with Gasteiger partial charge < -0.3 is 5.11 Å². The molecule has 66 valence electrons. The minimum absolute atomic E-state index is 0. The lowest BCUT2D eigenvalue weighted by molar-refractivity contribution is 0.0690. The van der Waals surface area contributed by atoms with Crippen molar-refractivity contribution in [1.29, 1.82) is 0 Å². The number of carboxylic acids is 1. The van der Waals surface area contributed by atoms with Gasteiger partial charge in [-0.1, -0.05) is 23.2 Å². The molecule has 0 unspecified atom stereocenters. The Balaban J connectivity index is 0.00000121. The molecule has 0 aromatic carbocycles. The molecule has 0 spiro atoms. The van der Waals surface area contributed by atoms with Gasteiger partial charge in [-0.25, -0.2) is 9.78 Å². The molecule has 3 nitrogen and oxygen atoms in total. The van der Waals surface area contributed by atoms with Crippen LogP contribution in [0.15, 0.2) is 12.1 Å². The maximum absolute atomic E-state index is 10.3. The molecule has 0 fully saturated rings. The van der Waals surface area contributed by atoms with Gasteiger partial charge in [-0.05, 0) is 12.1 Å². The van der Waals surface area contributed by atoms with Gasteiger partial charge in [0.1, 0.15) is 5.15 Å². The van der Waals surface area contributed by atoms with E-state index in [2.05, 4.69) is 4.98 Å². The van der Waals surface area contributed by atoms with Crippen LogP contribution in [0.25, 0.3) is 0 Å². The van der Waals surface area contributed by atoms with E-state index in [9.17, 15) is 4.79 Å².